The summed E-state index contributed by atoms with van der Waals surface area (Å²) in [6.45, 7) is 1.37. The maximum Gasteiger partial charge on any atom is 0.255 e. The summed E-state index contributed by atoms with van der Waals surface area (Å²) < 4.78 is 0. The number of aromatic hydroxyl groups is 3. The van der Waals surface area contributed by atoms with E-state index in [1.54, 1.807) is 29.2 Å². The fourth-order valence-corrected chi connectivity index (χ4v) is 3.10. The molecule has 136 valence electrons. The minimum Gasteiger partial charge on any atom is -0.504 e. The summed E-state index contributed by atoms with van der Waals surface area (Å²) in [7, 11) is 0. The fraction of sp³-hybridized carbons (Fsp3) is 0.222. The van der Waals surface area contributed by atoms with Gasteiger partial charge in [0.25, 0.3) is 11.8 Å². The highest BCUT2D eigenvalue weighted by Gasteiger charge is 2.27. The van der Waals surface area contributed by atoms with Crippen LogP contribution in [0.25, 0.3) is 0 Å². The van der Waals surface area contributed by atoms with Gasteiger partial charge in [0.1, 0.15) is 0 Å². The minimum atomic E-state index is -0.664. The minimum absolute atomic E-state index is 0.0679. The van der Waals surface area contributed by atoms with Crippen LogP contribution in [0.15, 0.2) is 41.3 Å². The van der Waals surface area contributed by atoms with Gasteiger partial charge in [0.05, 0.1) is 5.56 Å². The highest BCUT2D eigenvalue weighted by Crippen LogP contribution is 2.35. The van der Waals surface area contributed by atoms with Gasteiger partial charge in [-0.2, -0.15) is 0 Å². The van der Waals surface area contributed by atoms with Crippen molar-refractivity contribution >= 4 is 24.4 Å². The Bertz CT molecular complexity index is 839. The molecule has 0 aromatic heterocycles. The average molecular weight is 374 g/mol. The number of benzene rings is 2. The Labute approximate surface area is 155 Å². The molecule has 0 radical (unpaired) electrons. The Morgan fingerprint density at radius 2 is 1.35 bits per heavy atom. The van der Waals surface area contributed by atoms with Gasteiger partial charge in [0.15, 0.2) is 17.2 Å². The third-order valence-electron chi connectivity index (χ3n) is 4.31. The Hall–Kier alpha value is -2.87. The van der Waals surface area contributed by atoms with E-state index in [2.05, 4.69) is 12.6 Å². The molecule has 2 aromatic rings. The van der Waals surface area contributed by atoms with Crippen molar-refractivity contribution in [3.63, 3.8) is 0 Å². The van der Waals surface area contributed by atoms with Crippen LogP contribution in [0, 0.1) is 0 Å². The summed E-state index contributed by atoms with van der Waals surface area (Å²) in [5, 5.41) is 28.5. The van der Waals surface area contributed by atoms with Crippen molar-refractivity contribution in [3.05, 3.63) is 47.5 Å². The molecule has 7 nitrogen and oxygen atoms in total. The van der Waals surface area contributed by atoms with Gasteiger partial charge in [-0.25, -0.2) is 0 Å². The van der Waals surface area contributed by atoms with Crippen molar-refractivity contribution in [2.45, 2.75) is 4.90 Å². The molecule has 0 atom stereocenters. The first-order chi connectivity index (χ1) is 12.4. The van der Waals surface area contributed by atoms with Crippen molar-refractivity contribution in [1.82, 2.24) is 9.80 Å². The predicted molar refractivity (Wildman–Crippen MR) is 96.9 cm³/mol. The molecule has 1 fully saturated rings. The zero-order valence-corrected chi connectivity index (χ0v) is 14.7. The summed E-state index contributed by atoms with van der Waals surface area (Å²) >= 11 is 4.30. The highest BCUT2D eigenvalue weighted by atomic mass is 32.1. The lowest BCUT2D eigenvalue weighted by Gasteiger charge is -2.35. The molecule has 0 spiro atoms. The van der Waals surface area contributed by atoms with E-state index in [1.165, 1.54) is 4.90 Å². The van der Waals surface area contributed by atoms with Crippen LogP contribution in [0.4, 0.5) is 0 Å². The maximum absolute atomic E-state index is 12.6. The second-order valence-corrected chi connectivity index (χ2v) is 6.45. The molecular weight excluding hydrogens is 356 g/mol. The first-order valence-electron chi connectivity index (χ1n) is 8.00. The number of carbonyl (C=O) groups excluding carboxylic acids is 2. The molecule has 1 saturated heterocycles. The molecule has 1 heterocycles. The molecule has 0 bridgehead atoms. The third kappa shape index (κ3) is 3.41. The van der Waals surface area contributed by atoms with Crippen LogP contribution in [-0.4, -0.2) is 63.1 Å². The lowest BCUT2D eigenvalue weighted by atomic mass is 10.1. The summed E-state index contributed by atoms with van der Waals surface area (Å²) in [5.74, 6) is -2.32. The number of hydrogen-bond donors (Lipinski definition) is 4. The molecule has 2 aromatic carbocycles. The first-order valence-corrected chi connectivity index (χ1v) is 8.44. The van der Waals surface area contributed by atoms with Gasteiger partial charge >= 0.3 is 0 Å². The average Bonchev–Trinajstić information content (AvgIpc) is 2.65. The summed E-state index contributed by atoms with van der Waals surface area (Å²) in [6.07, 6.45) is 0. The van der Waals surface area contributed by atoms with E-state index < -0.39 is 23.2 Å². The molecule has 3 N–H and O–H groups in total. The normalized spacial score (nSPS) is 14.3. The van der Waals surface area contributed by atoms with Crippen molar-refractivity contribution in [2.24, 2.45) is 0 Å². The van der Waals surface area contributed by atoms with Gasteiger partial charge in [0.2, 0.25) is 0 Å². The Kier molecular flexibility index (Phi) is 4.94. The second kappa shape index (κ2) is 7.17. The van der Waals surface area contributed by atoms with Crippen LogP contribution < -0.4 is 0 Å². The van der Waals surface area contributed by atoms with Gasteiger partial charge < -0.3 is 25.1 Å². The Balaban J connectivity index is 1.68. The Morgan fingerprint density at radius 1 is 0.846 bits per heavy atom. The van der Waals surface area contributed by atoms with Crippen LogP contribution in [0.2, 0.25) is 0 Å². The number of phenols is 3. The van der Waals surface area contributed by atoms with Crippen LogP contribution >= 0.6 is 12.6 Å². The van der Waals surface area contributed by atoms with Gasteiger partial charge in [-0.15, -0.1) is 12.6 Å². The lowest BCUT2D eigenvalue weighted by Crippen LogP contribution is -2.50. The van der Waals surface area contributed by atoms with E-state index in [4.69, 9.17) is 0 Å². The van der Waals surface area contributed by atoms with Crippen LogP contribution in [0.1, 0.15) is 20.7 Å². The first kappa shape index (κ1) is 17.9. The smallest absolute Gasteiger partial charge is 0.255 e. The van der Waals surface area contributed by atoms with Crippen molar-refractivity contribution < 1.29 is 24.9 Å². The second-order valence-electron chi connectivity index (χ2n) is 5.96. The molecular formula is C18H18N2O5S. The monoisotopic (exact) mass is 374 g/mol. The quantitative estimate of drug-likeness (QED) is 0.473. The maximum atomic E-state index is 12.6. The van der Waals surface area contributed by atoms with E-state index in [1.807, 2.05) is 0 Å². The number of amides is 2. The molecule has 26 heavy (non-hydrogen) atoms. The zero-order valence-electron chi connectivity index (χ0n) is 13.8. The summed E-state index contributed by atoms with van der Waals surface area (Å²) in [6, 6.07) is 9.25. The van der Waals surface area contributed by atoms with Gasteiger partial charge in [-0.05, 0) is 24.3 Å². The fourth-order valence-electron chi connectivity index (χ4n) is 2.85. The van der Waals surface area contributed by atoms with Gasteiger partial charge in [0, 0.05) is 36.6 Å². The summed E-state index contributed by atoms with van der Waals surface area (Å²) in [5.41, 5.74) is 0.585. The number of phenolic OH excluding ortho intramolecular Hbond substituents is 3. The van der Waals surface area contributed by atoms with Crippen LogP contribution in [0.5, 0.6) is 17.2 Å². The molecule has 0 saturated carbocycles. The van der Waals surface area contributed by atoms with E-state index in [0.29, 0.717) is 36.6 Å². The number of carbonyl (C=O) groups is 2. The number of nitrogens with zero attached hydrogens (tertiary/aromatic N) is 2. The molecule has 8 heteroatoms. The number of thiol groups is 1. The van der Waals surface area contributed by atoms with Crippen molar-refractivity contribution in [1.29, 1.82) is 0 Å². The van der Waals surface area contributed by atoms with E-state index in [-0.39, 0.29) is 11.5 Å². The molecule has 3 rings (SSSR count). The number of hydrogen-bond acceptors (Lipinski definition) is 6. The SMILES string of the molecule is O=C(c1cc(O)c(O)c(O)c1)N1CCN(C(=O)c2ccccc2S)CC1. The third-order valence-corrected chi connectivity index (χ3v) is 4.70. The Morgan fingerprint density at radius 3 is 1.88 bits per heavy atom. The number of piperazine rings is 1. The highest BCUT2D eigenvalue weighted by molar-refractivity contribution is 7.80. The number of rotatable bonds is 2. The standard InChI is InChI=1S/C18H18N2O5S/c21-13-9-11(10-14(22)16(13)23)17(24)19-5-7-20(8-6-19)18(25)12-3-1-2-4-15(12)26/h1-4,9-10,21-23,26H,5-8H2. The lowest BCUT2D eigenvalue weighted by molar-refractivity contribution is 0.0533. The van der Waals surface area contributed by atoms with Gasteiger partial charge in [-0.1, -0.05) is 12.1 Å². The van der Waals surface area contributed by atoms with Crippen LogP contribution in [-0.2, 0) is 0 Å². The molecule has 1 aliphatic rings. The molecule has 2 amide bonds. The van der Waals surface area contributed by atoms with E-state index in [0.717, 1.165) is 12.1 Å². The van der Waals surface area contributed by atoms with Crippen molar-refractivity contribution in [2.75, 3.05) is 26.2 Å². The van der Waals surface area contributed by atoms with Crippen LogP contribution in [0.3, 0.4) is 0 Å². The summed E-state index contributed by atoms with van der Waals surface area (Å²) in [4.78, 5) is 28.9. The predicted octanol–water partition coefficient (Wildman–Crippen LogP) is 1.69. The largest absolute Gasteiger partial charge is 0.504 e. The van der Waals surface area contributed by atoms with E-state index >= 15 is 0 Å². The molecule has 1 aliphatic heterocycles. The molecule has 0 unspecified atom stereocenters. The molecule has 0 aliphatic carbocycles. The van der Waals surface area contributed by atoms with E-state index in [9.17, 15) is 24.9 Å². The van der Waals surface area contributed by atoms with Crippen molar-refractivity contribution in [3.8, 4) is 17.2 Å². The van der Waals surface area contributed by atoms with Gasteiger partial charge in [-0.3, -0.25) is 9.59 Å². The topological polar surface area (TPSA) is 101 Å². The zero-order chi connectivity index (χ0) is 18.8.